The van der Waals surface area contributed by atoms with Crippen LogP contribution in [0.2, 0.25) is 0 Å². The summed E-state index contributed by atoms with van der Waals surface area (Å²) in [6.07, 6.45) is 0. The molecule has 1 nitrogen and oxygen atoms in total. The van der Waals surface area contributed by atoms with E-state index in [1.807, 2.05) is 18.2 Å². The molecule has 0 bridgehead atoms. The Labute approximate surface area is 79.8 Å². The fourth-order valence-corrected chi connectivity index (χ4v) is 1.64. The van der Waals surface area contributed by atoms with E-state index in [0.29, 0.717) is 11.2 Å². The van der Waals surface area contributed by atoms with Crippen molar-refractivity contribution < 1.29 is 8.81 Å². The second-order valence-electron chi connectivity index (χ2n) is 3.13. The van der Waals surface area contributed by atoms with Crippen molar-refractivity contribution in [3.8, 4) is 0 Å². The van der Waals surface area contributed by atoms with Crippen molar-refractivity contribution in [2.45, 2.75) is 0 Å². The molecule has 3 rings (SSSR count). The molecule has 0 aliphatic heterocycles. The van der Waals surface area contributed by atoms with E-state index in [-0.39, 0.29) is 5.82 Å². The van der Waals surface area contributed by atoms with Gasteiger partial charge in [0.1, 0.15) is 5.58 Å². The lowest BCUT2D eigenvalue weighted by atomic mass is 10.1. The van der Waals surface area contributed by atoms with E-state index < -0.39 is 0 Å². The molecule has 1 radical (unpaired) electrons. The molecular weight excluding hydrogens is 179 g/mol. The molecule has 0 fully saturated rings. The minimum atomic E-state index is -0.327. The maximum Gasteiger partial charge on any atom is 0.171 e. The number of furan rings is 1. The van der Waals surface area contributed by atoms with Crippen LogP contribution >= 0.6 is 0 Å². The fourth-order valence-electron chi connectivity index (χ4n) is 1.64. The smallest absolute Gasteiger partial charge is 0.171 e. The molecule has 67 valence electrons. The first kappa shape index (κ1) is 7.56. The maximum atomic E-state index is 13.3. The summed E-state index contributed by atoms with van der Waals surface area (Å²) in [5.74, 6) is -0.327. The maximum absolute atomic E-state index is 13.3. The van der Waals surface area contributed by atoms with Crippen LogP contribution in [0, 0.1) is 11.9 Å². The largest absolute Gasteiger partial charge is 0.452 e. The van der Waals surface area contributed by atoms with Gasteiger partial charge in [0, 0.05) is 16.8 Å². The Morgan fingerprint density at radius 1 is 1.07 bits per heavy atom. The number of benzene rings is 2. The quantitative estimate of drug-likeness (QED) is 0.522. The van der Waals surface area contributed by atoms with E-state index in [4.69, 9.17) is 4.42 Å². The van der Waals surface area contributed by atoms with E-state index in [1.165, 1.54) is 6.07 Å². The van der Waals surface area contributed by atoms with Gasteiger partial charge in [-0.2, -0.15) is 0 Å². The van der Waals surface area contributed by atoms with Crippen molar-refractivity contribution in [1.29, 1.82) is 0 Å². The van der Waals surface area contributed by atoms with Crippen molar-refractivity contribution >= 4 is 21.9 Å². The first-order valence-corrected chi connectivity index (χ1v) is 4.34. The van der Waals surface area contributed by atoms with Crippen molar-refractivity contribution in [2.75, 3.05) is 0 Å². The molecule has 0 unspecified atom stereocenters. The summed E-state index contributed by atoms with van der Waals surface area (Å²) in [6.45, 7) is 0. The zero-order valence-electron chi connectivity index (χ0n) is 7.25. The van der Waals surface area contributed by atoms with Gasteiger partial charge in [-0.3, -0.25) is 0 Å². The average Bonchev–Trinajstić information content (AvgIpc) is 2.59. The predicted octanol–water partition coefficient (Wildman–Crippen LogP) is 3.53. The molecule has 0 aliphatic carbocycles. The highest BCUT2D eigenvalue weighted by Crippen LogP contribution is 2.29. The van der Waals surface area contributed by atoms with Gasteiger partial charge in [0.2, 0.25) is 0 Å². The first-order valence-electron chi connectivity index (χ1n) is 4.34. The molecule has 1 aromatic heterocycles. The molecule has 14 heavy (non-hydrogen) atoms. The third-order valence-corrected chi connectivity index (χ3v) is 2.28. The topological polar surface area (TPSA) is 13.1 Å². The van der Waals surface area contributed by atoms with Gasteiger partial charge in [-0.25, -0.2) is 4.39 Å². The minimum Gasteiger partial charge on any atom is -0.452 e. The van der Waals surface area contributed by atoms with Gasteiger partial charge in [0.15, 0.2) is 11.4 Å². The lowest BCUT2D eigenvalue weighted by Crippen LogP contribution is -1.71. The molecule has 0 amide bonds. The Kier molecular flexibility index (Phi) is 1.39. The van der Waals surface area contributed by atoms with Crippen LogP contribution in [0.25, 0.3) is 21.9 Å². The van der Waals surface area contributed by atoms with Crippen LogP contribution in [0.5, 0.6) is 0 Å². The molecule has 1 heterocycles. The lowest BCUT2D eigenvalue weighted by Gasteiger charge is -1.88. The highest BCUT2D eigenvalue weighted by molar-refractivity contribution is 6.04. The highest BCUT2D eigenvalue weighted by atomic mass is 19.1. The van der Waals surface area contributed by atoms with E-state index in [1.54, 1.807) is 12.1 Å². The first-order chi connectivity index (χ1) is 6.86. The average molecular weight is 185 g/mol. The number of para-hydroxylation sites is 2. The van der Waals surface area contributed by atoms with Crippen LogP contribution in [0.4, 0.5) is 4.39 Å². The number of hydrogen-bond donors (Lipinski definition) is 0. The van der Waals surface area contributed by atoms with Crippen LogP contribution < -0.4 is 0 Å². The van der Waals surface area contributed by atoms with Gasteiger partial charge in [-0.15, -0.1) is 0 Å². The molecule has 0 saturated heterocycles. The Morgan fingerprint density at radius 3 is 2.86 bits per heavy atom. The molecule has 0 spiro atoms. The summed E-state index contributed by atoms with van der Waals surface area (Å²) in [6, 6.07) is 13.4. The predicted molar refractivity (Wildman–Crippen MR) is 52.5 cm³/mol. The van der Waals surface area contributed by atoms with Crippen molar-refractivity contribution in [1.82, 2.24) is 0 Å². The monoisotopic (exact) mass is 185 g/mol. The number of rotatable bonds is 0. The van der Waals surface area contributed by atoms with E-state index in [2.05, 4.69) is 6.07 Å². The molecule has 2 aromatic carbocycles. The summed E-state index contributed by atoms with van der Waals surface area (Å²) >= 11 is 0. The van der Waals surface area contributed by atoms with Gasteiger partial charge >= 0.3 is 0 Å². The van der Waals surface area contributed by atoms with Gasteiger partial charge in [0.05, 0.1) is 0 Å². The van der Waals surface area contributed by atoms with Crippen LogP contribution in [0.1, 0.15) is 0 Å². The van der Waals surface area contributed by atoms with Gasteiger partial charge in [-0.1, -0.05) is 30.3 Å². The zero-order chi connectivity index (χ0) is 9.54. The number of fused-ring (bicyclic) bond motifs is 3. The molecule has 0 N–H and O–H groups in total. The van der Waals surface area contributed by atoms with Gasteiger partial charge in [-0.05, 0) is 6.07 Å². The summed E-state index contributed by atoms with van der Waals surface area (Å²) in [5, 5.41) is 1.71. The van der Waals surface area contributed by atoms with E-state index >= 15 is 0 Å². The van der Waals surface area contributed by atoms with Crippen LogP contribution in [-0.4, -0.2) is 0 Å². The van der Waals surface area contributed by atoms with Crippen molar-refractivity contribution in [3.63, 3.8) is 0 Å². The summed E-state index contributed by atoms with van der Waals surface area (Å²) < 4.78 is 18.7. The molecule has 0 aliphatic rings. The Hall–Kier alpha value is -1.83. The molecule has 0 saturated carbocycles. The third kappa shape index (κ3) is 0.880. The Balaban J connectivity index is 2.63. The van der Waals surface area contributed by atoms with Gasteiger partial charge in [0.25, 0.3) is 0 Å². The van der Waals surface area contributed by atoms with Crippen molar-refractivity contribution in [2.24, 2.45) is 0 Å². The molecule has 3 aromatic rings. The fraction of sp³-hybridized carbons (Fsp3) is 0. The second kappa shape index (κ2) is 2.58. The number of hydrogen-bond acceptors (Lipinski definition) is 1. The van der Waals surface area contributed by atoms with E-state index in [0.717, 1.165) is 10.8 Å². The summed E-state index contributed by atoms with van der Waals surface area (Å²) in [7, 11) is 0. The standard InChI is InChI=1S/C12H6FO/c13-10-6-3-5-9-8-4-1-2-7-11(8)14-12(9)10/h1-6H. The number of halogens is 1. The molecule has 0 atom stereocenters. The Bertz CT molecular complexity index is 610. The van der Waals surface area contributed by atoms with Crippen molar-refractivity contribution in [3.05, 3.63) is 48.3 Å². The van der Waals surface area contributed by atoms with Crippen LogP contribution in [0.15, 0.2) is 40.8 Å². The summed E-state index contributed by atoms with van der Waals surface area (Å²) in [5.41, 5.74) is 0.914. The van der Waals surface area contributed by atoms with E-state index in [9.17, 15) is 4.39 Å². The normalized spacial score (nSPS) is 11.2. The second-order valence-corrected chi connectivity index (χ2v) is 3.13. The highest BCUT2D eigenvalue weighted by Gasteiger charge is 2.08. The SMILES string of the molecule is Fc1cccc2c1oc1[c]cccc12. The zero-order valence-corrected chi connectivity index (χ0v) is 7.25. The summed E-state index contributed by atoms with van der Waals surface area (Å²) in [4.78, 5) is 0. The van der Waals surface area contributed by atoms with Crippen LogP contribution in [0.3, 0.4) is 0 Å². The van der Waals surface area contributed by atoms with Gasteiger partial charge < -0.3 is 4.42 Å². The minimum absolute atomic E-state index is 0.310. The molecule has 2 heteroatoms. The Morgan fingerprint density at radius 2 is 1.93 bits per heavy atom. The van der Waals surface area contributed by atoms with Crippen LogP contribution in [-0.2, 0) is 0 Å². The molecular formula is C12H6FO. The third-order valence-electron chi connectivity index (χ3n) is 2.28. The lowest BCUT2D eigenvalue weighted by molar-refractivity contribution is 0.584.